The minimum atomic E-state index is -0.0885. The largest absolute Gasteiger partial charge is 0.357 e. The van der Waals surface area contributed by atoms with Gasteiger partial charge in [0.15, 0.2) is 0 Å². The van der Waals surface area contributed by atoms with E-state index in [1.807, 2.05) is 133 Å². The lowest BCUT2D eigenvalue weighted by Gasteiger charge is -2.30. The molecule has 0 radical (unpaired) electrons. The van der Waals surface area contributed by atoms with Crippen LogP contribution in [-0.2, 0) is 13.1 Å². The molecule has 0 spiro atoms. The number of rotatable bonds is 14. The van der Waals surface area contributed by atoms with Gasteiger partial charge >= 0.3 is 0 Å². The van der Waals surface area contributed by atoms with Crippen LogP contribution in [0.1, 0.15) is 97.6 Å². The summed E-state index contributed by atoms with van der Waals surface area (Å²) >= 11 is 0. The average Bonchev–Trinajstić information content (AvgIpc) is 1.66. The van der Waals surface area contributed by atoms with Crippen LogP contribution < -0.4 is 0 Å². The first-order valence-corrected chi connectivity index (χ1v) is 32.3. The Morgan fingerprint density at radius 3 is 1.37 bits per heavy atom. The van der Waals surface area contributed by atoms with Gasteiger partial charge in [0.2, 0.25) is 0 Å². The molecule has 2 aliphatic rings. The topological polar surface area (TPSA) is 340 Å². The molecule has 2 fully saturated rings. The molecule has 8 N–H and O–H groups in total. The Balaban J connectivity index is 0.000000248. The average molecular weight is 1330 g/mol. The number of aromatic nitrogens is 18. The van der Waals surface area contributed by atoms with Crippen molar-refractivity contribution in [2.24, 2.45) is 5.92 Å². The third-order valence-corrected chi connectivity index (χ3v) is 17.6. The minimum absolute atomic E-state index is 0. The summed E-state index contributed by atoms with van der Waals surface area (Å²) < 4.78 is 0. The number of H-pyrrole nitrogens is 8. The summed E-state index contributed by atoms with van der Waals surface area (Å²) in [7, 11) is 5.89. The number of nitrogens with zero attached hydrogens (tertiary/aromatic N) is 15. The lowest BCUT2D eigenvalue weighted by Crippen LogP contribution is -2.39. The van der Waals surface area contributed by atoms with Crippen molar-refractivity contribution in [2.75, 3.05) is 53.9 Å². The molecule has 16 rings (SSSR count). The first kappa shape index (κ1) is 64.4. The van der Waals surface area contributed by atoms with E-state index in [9.17, 15) is 19.2 Å². The molecule has 2 aliphatic heterocycles. The van der Waals surface area contributed by atoms with Gasteiger partial charge in [-0.05, 0) is 124 Å². The Labute approximate surface area is 574 Å². The van der Waals surface area contributed by atoms with Gasteiger partial charge in [-0.3, -0.25) is 29.1 Å². The number of likely N-dealkylation sites (tertiary alicyclic amines) is 2. The molecule has 512 valence electrons. The predicted octanol–water partition coefficient (Wildman–Crippen LogP) is 12.2. The van der Waals surface area contributed by atoms with Crippen molar-refractivity contribution in [3.05, 3.63) is 206 Å². The highest BCUT2D eigenvalue weighted by Crippen LogP contribution is 2.31. The highest BCUT2D eigenvalue weighted by atomic mass is 16.2. The molecule has 14 aromatic heterocycles. The molecular formula is C71H89N23O4. The van der Waals surface area contributed by atoms with Gasteiger partial charge in [0.05, 0.1) is 22.8 Å². The second-order valence-electron chi connectivity index (χ2n) is 24.4. The lowest BCUT2D eigenvalue weighted by atomic mass is 10.00. The fraction of sp³-hybridized carbons (Fsp3) is 0.239. The molecule has 2 saturated heterocycles. The summed E-state index contributed by atoms with van der Waals surface area (Å²) in [5.41, 5.74) is 14.2. The van der Waals surface area contributed by atoms with E-state index >= 15 is 0 Å². The molecular weight excluding hydrogens is 1240 g/mol. The first-order chi connectivity index (χ1) is 47.8. The van der Waals surface area contributed by atoms with Crippen molar-refractivity contribution < 1.29 is 30.6 Å². The van der Waals surface area contributed by atoms with E-state index in [2.05, 4.69) is 116 Å². The van der Waals surface area contributed by atoms with Crippen molar-refractivity contribution in [3.8, 4) is 45.0 Å². The van der Waals surface area contributed by atoms with Gasteiger partial charge in [-0.15, -0.1) is 0 Å². The van der Waals surface area contributed by atoms with Gasteiger partial charge < -0.3 is 64.4 Å². The number of hydrogen-bond acceptors (Lipinski definition) is 15. The van der Waals surface area contributed by atoms with Crippen LogP contribution in [0.15, 0.2) is 172 Å². The number of amides is 4. The molecule has 27 nitrogen and oxygen atoms in total. The van der Waals surface area contributed by atoms with Gasteiger partial charge in [0, 0.05) is 188 Å². The lowest BCUT2D eigenvalue weighted by molar-refractivity contribution is 0.0676. The Hall–Kier alpha value is -12.3. The molecule has 0 saturated carbocycles. The number of fused-ring (bicyclic) bond motifs is 4. The molecule has 16 heterocycles. The minimum Gasteiger partial charge on any atom is -0.357 e. The third kappa shape index (κ3) is 14.2. The molecule has 0 aromatic carbocycles. The van der Waals surface area contributed by atoms with Crippen molar-refractivity contribution in [2.45, 2.75) is 52.2 Å². The van der Waals surface area contributed by atoms with Crippen molar-refractivity contribution >= 4 is 67.8 Å². The van der Waals surface area contributed by atoms with Crippen LogP contribution in [0.5, 0.6) is 0 Å². The summed E-state index contributed by atoms with van der Waals surface area (Å²) in [5, 5.41) is 3.75. The summed E-state index contributed by atoms with van der Waals surface area (Å²) in [6, 6.07) is 23.2. The normalized spacial score (nSPS) is 14.4. The van der Waals surface area contributed by atoms with E-state index in [1.54, 1.807) is 47.8 Å². The summed E-state index contributed by atoms with van der Waals surface area (Å²) in [5.74, 6) is 0.556. The monoisotopic (exact) mass is 1330 g/mol. The predicted molar refractivity (Wildman–Crippen MR) is 389 cm³/mol. The Morgan fingerprint density at radius 2 is 0.939 bits per heavy atom. The summed E-state index contributed by atoms with van der Waals surface area (Å²) in [6.07, 6.45) is 30.9. The van der Waals surface area contributed by atoms with Crippen LogP contribution in [0.25, 0.3) is 89.2 Å². The smallest absolute Gasteiger partial charge is 0.270 e. The Kier molecular flexibility index (Phi) is 19.2. The van der Waals surface area contributed by atoms with Crippen LogP contribution in [0.3, 0.4) is 0 Å². The zero-order chi connectivity index (χ0) is 67.7. The fourth-order valence-electron chi connectivity index (χ4n) is 12.3. The zero-order valence-electron chi connectivity index (χ0n) is 54.7. The Morgan fingerprint density at radius 1 is 0.490 bits per heavy atom. The molecule has 4 amide bonds. The second-order valence-corrected chi connectivity index (χ2v) is 24.4. The van der Waals surface area contributed by atoms with E-state index in [4.69, 9.17) is 0 Å². The van der Waals surface area contributed by atoms with Crippen molar-refractivity contribution in [3.63, 3.8) is 0 Å². The SMILES string of the molecule is CC1CCCN(C(=O)c2cc(-c3ncnc4[nH]ccc34)c[nH]2)C1.CCN(Cc1ccncc1)C(=O)c1cc(-c2ncnc3[nH]ccc23)c[nH]1.CN(C)C1CCN(C(=O)c2cc(-c3ncnc4[nH]ccc34)c[nH]2)C1.CN(Cc1cccnc1)C(=O)c1cc(-c2ncnc3[nH]ccc23)c[nH]1.[HH].[HH].[HH].[HH].[HH].[HH].[HH].[HH]. The number of nitrogens with one attached hydrogen (secondary N) is 8. The second kappa shape index (κ2) is 29.2. The van der Waals surface area contributed by atoms with Crippen LogP contribution in [0.4, 0.5) is 0 Å². The van der Waals surface area contributed by atoms with Gasteiger partial charge in [0.25, 0.3) is 23.6 Å². The van der Waals surface area contributed by atoms with E-state index in [-0.39, 0.29) is 35.0 Å². The van der Waals surface area contributed by atoms with Crippen LogP contribution >= 0.6 is 0 Å². The van der Waals surface area contributed by atoms with E-state index in [0.717, 1.165) is 139 Å². The van der Waals surface area contributed by atoms with E-state index in [1.165, 1.54) is 31.7 Å². The number of likely N-dealkylation sites (N-methyl/N-ethyl adjacent to an activating group) is 1. The van der Waals surface area contributed by atoms with Crippen molar-refractivity contribution in [1.82, 2.24) is 114 Å². The fourth-order valence-corrected chi connectivity index (χ4v) is 12.3. The van der Waals surface area contributed by atoms with Gasteiger partial charge in [-0.2, -0.15) is 0 Å². The number of hydrogen-bond donors (Lipinski definition) is 8. The highest BCUT2D eigenvalue weighted by Gasteiger charge is 2.30. The maximum absolute atomic E-state index is 12.9. The van der Waals surface area contributed by atoms with E-state index < -0.39 is 0 Å². The number of carbonyl (C=O) groups is 4. The molecule has 14 aromatic rings. The van der Waals surface area contributed by atoms with Crippen LogP contribution in [-0.4, -0.2) is 198 Å². The zero-order valence-corrected chi connectivity index (χ0v) is 54.7. The molecule has 98 heavy (non-hydrogen) atoms. The summed E-state index contributed by atoms with van der Waals surface area (Å²) in [4.78, 5) is 127. The van der Waals surface area contributed by atoms with Gasteiger partial charge in [-0.25, -0.2) is 39.9 Å². The summed E-state index contributed by atoms with van der Waals surface area (Å²) in [6.45, 7) is 9.07. The molecule has 0 bridgehead atoms. The molecule has 2 unspecified atom stereocenters. The maximum Gasteiger partial charge on any atom is 0.270 e. The quantitative estimate of drug-likeness (QED) is 0.0502. The van der Waals surface area contributed by atoms with E-state index in [0.29, 0.717) is 54.4 Å². The van der Waals surface area contributed by atoms with Gasteiger partial charge in [0.1, 0.15) is 70.7 Å². The number of piperidine rings is 1. The number of pyridine rings is 2. The third-order valence-electron chi connectivity index (χ3n) is 17.6. The molecule has 0 aliphatic carbocycles. The first-order valence-electron chi connectivity index (χ1n) is 32.3. The van der Waals surface area contributed by atoms with Gasteiger partial charge in [-0.1, -0.05) is 13.0 Å². The molecule has 27 heteroatoms. The Bertz CT molecular complexity index is 5080. The van der Waals surface area contributed by atoms with Crippen molar-refractivity contribution in [1.29, 1.82) is 0 Å². The van der Waals surface area contributed by atoms with Crippen LogP contribution in [0, 0.1) is 5.92 Å². The number of carbonyl (C=O) groups excluding carboxylic acids is 4. The van der Waals surface area contributed by atoms with Crippen LogP contribution in [0.2, 0.25) is 0 Å². The number of aromatic amines is 8. The highest BCUT2D eigenvalue weighted by molar-refractivity contribution is 6.00. The molecule has 2 atom stereocenters. The standard InChI is InChI=1S/C19H18N6O.C18H16N6O.C17H20N6O.C17H19N5O.8H2/c1-2-25(11-13-3-6-20-7-4-13)19(26)16-9-14(10-22-16)17-15-5-8-21-18(15)24-12-23-17;1-24(10-12-3-2-5-19-8-12)18(25)15-7-13(9-21-15)16-14-4-6-20-17(14)23-11-22-16;1-22(2)12-4-6-23(9-12)17(24)14-7-11(8-19-14)15-13-3-5-18-16(13)21-10-20-15;1-11-3-2-6-22(9-11)17(23)14-7-12(8-19-14)15-13-4-5-18-16(13)21-10-20-15;;;;;;;;/h3-10,12,22H,2,11H2,1H3,(H,21,23,24);2-9,11,21H,10H2,1H3,(H,20,22,23);3,5,7-8,10,12,19H,4,6,9H2,1-2H3,(H,18,20,21);4-5,7-8,10-11,19H,2-3,6,9H2,1H3,(H,18,20,21);8*1H. The maximum atomic E-state index is 12.9.